The third-order valence-corrected chi connectivity index (χ3v) is 18.0. The summed E-state index contributed by atoms with van der Waals surface area (Å²) in [7, 11) is -7.11. The van der Waals surface area contributed by atoms with Gasteiger partial charge in [0.1, 0.15) is 42.6 Å². The number of likely N-dealkylation sites (N-methyl/N-ethyl adjacent to an activating group) is 2. The normalized spacial score (nSPS) is 24.9. The number of benzene rings is 2. The zero-order chi connectivity index (χ0) is 61.1. The molecule has 6 aromatic rings. The molecule has 0 unspecified atom stereocenters. The molecule has 30 nitrogen and oxygen atoms in total. The second-order valence-corrected chi connectivity index (χ2v) is 25.4. The van der Waals surface area contributed by atoms with Gasteiger partial charge in [-0.3, -0.25) is 24.0 Å². The number of rotatable bonds is 15. The van der Waals surface area contributed by atoms with E-state index < -0.39 is 86.7 Å². The minimum absolute atomic E-state index is 0.0441. The van der Waals surface area contributed by atoms with E-state index in [-0.39, 0.29) is 50.8 Å². The summed E-state index contributed by atoms with van der Waals surface area (Å²) in [5.41, 5.74) is 8.25. The Balaban J connectivity index is 0.000000160. The van der Waals surface area contributed by atoms with Gasteiger partial charge in [-0.25, -0.2) is 65.8 Å². The summed E-state index contributed by atoms with van der Waals surface area (Å²) in [6.07, 6.45) is 9.37. The Kier molecular flexibility index (Phi) is 18.2. The number of fused-ring (bicyclic) bond motifs is 4. The Morgan fingerprint density at radius 2 is 1.06 bits per heavy atom. The summed E-state index contributed by atoms with van der Waals surface area (Å²) in [6.45, 7) is 11.8. The van der Waals surface area contributed by atoms with Gasteiger partial charge in [0.15, 0.2) is 64.7 Å². The fraction of sp³-hybridized carbons (Fsp3) is 0.519. The van der Waals surface area contributed by atoms with E-state index in [2.05, 4.69) is 65.6 Å². The van der Waals surface area contributed by atoms with Crippen LogP contribution in [0.15, 0.2) is 88.6 Å². The highest BCUT2D eigenvalue weighted by molar-refractivity contribution is 7.89. The number of ether oxygens (including phenoxy) is 6. The Hall–Kier alpha value is -7.49. The fourth-order valence-electron chi connectivity index (χ4n) is 11.2. The van der Waals surface area contributed by atoms with E-state index >= 15 is 0 Å². The van der Waals surface area contributed by atoms with E-state index in [0.717, 1.165) is 51.4 Å². The Morgan fingerprint density at radius 3 is 1.53 bits per heavy atom. The number of urea groups is 1. The molecule has 8 heterocycles. The standard InChI is InChI=1S/C27H34N8O7S.C15H20N6O4.C12H14N2O3S/c1-4-28-24(36)20-19-21(42-27(2,3)41-19)25(40-20)35-14-31-18-22(29-13-30-23(18)35)33-26(37)32-15-9-11-17(12-10-15)43(38,39)34-16-7-5-6-8-16;1-4-17-13(22)9-8-10(25-15(2,3)24-8)14(23-9)21-6-20-7-11(16)18-5-19-12(7)21;15-9-13-10-5-7-12(8-6-10)18(16,17)14-11-3-1-2-4-11/h9-14,16,19-21,25,34H,4-8H2,1-3H3,(H,28,36)(H2,29,30,32,33,37);5-6,8-10,14H,4H2,1-3H3,(H,17,22)(H2,16,18,19);5-8,11,14H,1-4H2/t19-,20+,21-,25-;8-,9+,10-,14-;/m11./s1. The Bertz CT molecular complexity index is 3720. The average molecular weight is 1230 g/mol. The van der Waals surface area contributed by atoms with Crippen LogP contribution in [0.1, 0.15) is 105 Å². The molecule has 32 heteroatoms. The lowest BCUT2D eigenvalue weighted by Gasteiger charge is -2.24. The minimum Gasteiger partial charge on any atom is -0.382 e. The maximum absolute atomic E-state index is 12.8. The van der Waals surface area contributed by atoms with Gasteiger partial charge in [-0.15, -0.1) is 0 Å². The van der Waals surface area contributed by atoms with E-state index in [1.54, 1.807) is 29.3 Å². The van der Waals surface area contributed by atoms with Gasteiger partial charge in [0.2, 0.25) is 26.1 Å². The summed E-state index contributed by atoms with van der Waals surface area (Å²) in [6, 6.07) is 11.1. The topological polar surface area (TPSA) is 390 Å². The number of amides is 4. The predicted molar refractivity (Wildman–Crippen MR) is 306 cm³/mol. The van der Waals surface area contributed by atoms with Gasteiger partial charge in [-0.05, 0) is 116 Å². The number of isocyanates is 1. The third-order valence-electron chi connectivity index (χ3n) is 14.9. The molecular formula is C54H68N16O14S2. The van der Waals surface area contributed by atoms with Crippen LogP contribution in [0.3, 0.4) is 0 Å². The number of nitrogens with zero attached hydrogens (tertiary/aromatic N) is 9. The van der Waals surface area contributed by atoms with Crippen LogP contribution in [-0.2, 0) is 62.9 Å². The summed E-state index contributed by atoms with van der Waals surface area (Å²) < 4.78 is 94.3. The summed E-state index contributed by atoms with van der Waals surface area (Å²) in [5, 5.41) is 10.9. The van der Waals surface area contributed by atoms with Gasteiger partial charge < -0.3 is 50.1 Å². The van der Waals surface area contributed by atoms with E-state index in [1.807, 2.05) is 27.7 Å². The number of carbonyl (C=O) groups is 3. The first kappa shape index (κ1) is 61.6. The van der Waals surface area contributed by atoms with Gasteiger partial charge in [0, 0.05) is 30.9 Å². The lowest BCUT2D eigenvalue weighted by Crippen LogP contribution is -2.42. The molecule has 4 aromatic heterocycles. The number of nitrogens with two attached hydrogens (primary N) is 1. The predicted octanol–water partition coefficient (Wildman–Crippen LogP) is 4.08. The molecule has 4 saturated heterocycles. The third kappa shape index (κ3) is 13.5. The zero-order valence-electron chi connectivity index (χ0n) is 47.9. The minimum atomic E-state index is -3.65. The van der Waals surface area contributed by atoms with E-state index in [0.29, 0.717) is 41.3 Å². The second kappa shape index (κ2) is 25.5. The molecule has 2 aromatic carbocycles. The van der Waals surface area contributed by atoms with Crippen LogP contribution in [0.25, 0.3) is 22.3 Å². The number of hydrogen-bond acceptors (Lipinski definition) is 22. The zero-order valence-corrected chi connectivity index (χ0v) is 49.5. The number of nitrogens with one attached hydrogen (secondary N) is 6. The van der Waals surface area contributed by atoms with Gasteiger partial charge >= 0.3 is 6.03 Å². The molecule has 0 bridgehead atoms. The number of hydrogen-bond donors (Lipinski definition) is 7. The molecule has 460 valence electrons. The van der Waals surface area contributed by atoms with Gasteiger partial charge in [-0.1, -0.05) is 25.7 Å². The van der Waals surface area contributed by atoms with E-state index in [1.165, 1.54) is 73.6 Å². The van der Waals surface area contributed by atoms with Gasteiger partial charge in [0.05, 0.1) is 28.1 Å². The van der Waals surface area contributed by atoms with Gasteiger partial charge in [0.25, 0.3) is 11.8 Å². The van der Waals surface area contributed by atoms with Crippen molar-refractivity contribution in [3.63, 3.8) is 0 Å². The molecule has 6 aliphatic rings. The van der Waals surface area contributed by atoms with Gasteiger partial charge in [-0.2, -0.15) is 4.99 Å². The summed E-state index contributed by atoms with van der Waals surface area (Å²) in [5.74, 6) is -1.86. The van der Waals surface area contributed by atoms with Crippen molar-refractivity contribution in [3.05, 3.63) is 73.8 Å². The highest BCUT2D eigenvalue weighted by Gasteiger charge is 2.59. The smallest absolute Gasteiger partial charge is 0.324 e. The monoisotopic (exact) mass is 1230 g/mol. The first-order valence-corrected chi connectivity index (χ1v) is 31.1. The number of aromatic nitrogens is 8. The lowest BCUT2D eigenvalue weighted by atomic mass is 10.1. The van der Waals surface area contributed by atoms with Crippen LogP contribution in [-0.4, -0.2) is 153 Å². The van der Waals surface area contributed by atoms with Crippen molar-refractivity contribution in [2.75, 3.05) is 29.5 Å². The lowest BCUT2D eigenvalue weighted by molar-refractivity contribution is -0.198. The molecule has 8 N–H and O–H groups in total. The molecular weight excluding hydrogens is 1160 g/mol. The largest absolute Gasteiger partial charge is 0.382 e. The first-order valence-electron chi connectivity index (χ1n) is 28.2. The van der Waals surface area contributed by atoms with Crippen molar-refractivity contribution in [1.29, 1.82) is 0 Å². The van der Waals surface area contributed by atoms with Crippen LogP contribution >= 0.6 is 0 Å². The molecule has 4 amide bonds. The number of anilines is 3. The van der Waals surface area contributed by atoms with Crippen LogP contribution in [0, 0.1) is 0 Å². The van der Waals surface area contributed by atoms with Crippen molar-refractivity contribution in [3.8, 4) is 0 Å². The molecule has 86 heavy (non-hydrogen) atoms. The van der Waals surface area contributed by atoms with E-state index in [4.69, 9.17) is 34.2 Å². The second-order valence-electron chi connectivity index (χ2n) is 21.9. The molecule has 8 atom stereocenters. The van der Waals surface area contributed by atoms with Crippen LogP contribution in [0.2, 0.25) is 0 Å². The molecule has 0 radical (unpaired) electrons. The van der Waals surface area contributed by atoms with Crippen LogP contribution in [0.4, 0.5) is 27.8 Å². The van der Waals surface area contributed by atoms with Crippen molar-refractivity contribution >= 4 is 89.3 Å². The quantitative estimate of drug-likeness (QED) is 0.0562. The highest BCUT2D eigenvalue weighted by Crippen LogP contribution is 2.45. The fourth-order valence-corrected chi connectivity index (χ4v) is 13.8. The molecule has 6 fully saturated rings. The number of aliphatic imine (C=N–C) groups is 1. The number of carbonyl (C=O) groups excluding carboxylic acids is 4. The summed E-state index contributed by atoms with van der Waals surface area (Å²) >= 11 is 0. The van der Waals surface area contributed by atoms with Crippen molar-refractivity contribution in [2.45, 2.75) is 175 Å². The van der Waals surface area contributed by atoms with Crippen molar-refractivity contribution < 1.29 is 64.4 Å². The number of nitrogen functional groups attached to an aromatic ring is 1. The van der Waals surface area contributed by atoms with Crippen LogP contribution in [0.5, 0.6) is 0 Å². The molecule has 2 aliphatic carbocycles. The number of imidazole rings is 2. The van der Waals surface area contributed by atoms with Crippen LogP contribution < -0.4 is 36.4 Å². The maximum atomic E-state index is 12.8. The van der Waals surface area contributed by atoms with E-state index in [9.17, 15) is 36.0 Å². The van der Waals surface area contributed by atoms with Crippen molar-refractivity contribution in [1.82, 2.24) is 59.1 Å². The first-order chi connectivity index (χ1) is 41.1. The average Bonchev–Trinajstić information content (AvgIpc) is 1.66. The Labute approximate surface area is 494 Å². The molecule has 12 rings (SSSR count). The molecule has 4 aliphatic heterocycles. The molecule has 2 saturated carbocycles. The Morgan fingerprint density at radius 1 is 0.616 bits per heavy atom. The number of sulfonamides is 2. The highest BCUT2D eigenvalue weighted by atomic mass is 32.2. The SMILES string of the molecule is CCNC(=O)[C@H]1O[C@@H](n2cnc3c(N)ncnc32)[C@@H]2OC(C)(C)O[C@@H]21.CCNC(=O)[C@H]1O[C@@H](n2cnc3c(NC(=O)Nc4ccc(S(=O)(=O)NC5CCCC5)cc4)ncnc32)[C@@H]2OC(C)(C)O[C@@H]21.O=C=Nc1ccc(S(=O)(=O)NC2CCCC2)cc1. The van der Waals surface area contributed by atoms with Crippen molar-refractivity contribution in [2.24, 2.45) is 4.99 Å². The summed E-state index contributed by atoms with van der Waals surface area (Å²) in [4.78, 5) is 77.1. The maximum Gasteiger partial charge on any atom is 0.324 e. The molecule has 0 spiro atoms.